The van der Waals surface area contributed by atoms with Gasteiger partial charge in [-0.1, -0.05) is 24.4 Å². The predicted octanol–water partition coefficient (Wildman–Crippen LogP) is 3.13. The summed E-state index contributed by atoms with van der Waals surface area (Å²) in [7, 11) is 0. The van der Waals surface area contributed by atoms with Gasteiger partial charge >= 0.3 is 0 Å². The van der Waals surface area contributed by atoms with Gasteiger partial charge in [0.05, 0.1) is 0 Å². The van der Waals surface area contributed by atoms with Crippen LogP contribution in [0.4, 0.5) is 5.82 Å². The summed E-state index contributed by atoms with van der Waals surface area (Å²) in [6.07, 6.45) is 5.15. The van der Waals surface area contributed by atoms with Crippen molar-refractivity contribution < 1.29 is 0 Å². The third kappa shape index (κ3) is 2.46. The maximum atomic E-state index is 6.10. The summed E-state index contributed by atoms with van der Waals surface area (Å²) in [5, 5.41) is 0.590. The number of rotatable bonds is 1. The Morgan fingerprint density at radius 1 is 1.00 bits per heavy atom. The number of nitrogens with zero attached hydrogens (tertiary/aromatic N) is 3. The van der Waals surface area contributed by atoms with E-state index in [0.29, 0.717) is 5.15 Å². The highest BCUT2D eigenvalue weighted by Gasteiger charge is 2.16. The lowest BCUT2D eigenvalue weighted by Gasteiger charge is -2.23. The Balaban J connectivity index is 2.30. The van der Waals surface area contributed by atoms with Crippen molar-refractivity contribution in [1.29, 1.82) is 0 Å². The molecule has 1 fully saturated rings. The molecule has 4 heteroatoms. The number of hydrogen-bond donors (Lipinski definition) is 0. The lowest BCUT2D eigenvalue weighted by molar-refractivity contribution is 0.726. The first-order valence-electron chi connectivity index (χ1n) is 5.94. The van der Waals surface area contributed by atoms with Crippen LogP contribution in [-0.2, 0) is 0 Å². The molecule has 16 heavy (non-hydrogen) atoms. The quantitative estimate of drug-likeness (QED) is 0.705. The molecule has 2 rings (SSSR count). The fourth-order valence-corrected chi connectivity index (χ4v) is 2.38. The van der Waals surface area contributed by atoms with Gasteiger partial charge in [-0.05, 0) is 26.7 Å². The van der Waals surface area contributed by atoms with Crippen LogP contribution in [0.5, 0.6) is 0 Å². The Bertz CT molecular complexity index is 371. The van der Waals surface area contributed by atoms with E-state index in [1.165, 1.54) is 25.7 Å². The SMILES string of the molecule is Cc1nc(Cl)c(C)c(N2CCCCCC2)n1. The molecule has 0 aromatic carbocycles. The van der Waals surface area contributed by atoms with Crippen molar-refractivity contribution in [2.24, 2.45) is 0 Å². The molecule has 0 N–H and O–H groups in total. The van der Waals surface area contributed by atoms with Crippen LogP contribution in [0.2, 0.25) is 5.15 Å². The second-order valence-corrected chi connectivity index (χ2v) is 4.77. The number of anilines is 1. The zero-order chi connectivity index (χ0) is 11.5. The van der Waals surface area contributed by atoms with E-state index in [1.54, 1.807) is 0 Å². The smallest absolute Gasteiger partial charge is 0.137 e. The molecule has 0 unspecified atom stereocenters. The zero-order valence-corrected chi connectivity index (χ0v) is 10.7. The van der Waals surface area contributed by atoms with Gasteiger partial charge in [-0.3, -0.25) is 0 Å². The summed E-state index contributed by atoms with van der Waals surface area (Å²) < 4.78 is 0. The van der Waals surface area contributed by atoms with Crippen LogP contribution >= 0.6 is 11.6 Å². The summed E-state index contributed by atoms with van der Waals surface area (Å²) in [5.74, 6) is 1.79. The minimum Gasteiger partial charge on any atom is -0.356 e. The van der Waals surface area contributed by atoms with E-state index in [1.807, 2.05) is 13.8 Å². The largest absolute Gasteiger partial charge is 0.356 e. The second-order valence-electron chi connectivity index (χ2n) is 4.41. The molecule has 1 saturated heterocycles. The van der Waals surface area contributed by atoms with Crippen LogP contribution in [0, 0.1) is 13.8 Å². The van der Waals surface area contributed by atoms with E-state index in [4.69, 9.17) is 11.6 Å². The highest BCUT2D eigenvalue weighted by atomic mass is 35.5. The summed E-state index contributed by atoms with van der Waals surface area (Å²) in [5.41, 5.74) is 1.01. The molecule has 88 valence electrons. The Morgan fingerprint density at radius 3 is 2.25 bits per heavy atom. The molecule has 2 heterocycles. The van der Waals surface area contributed by atoms with Crippen molar-refractivity contribution >= 4 is 17.4 Å². The molecule has 0 spiro atoms. The fourth-order valence-electron chi connectivity index (χ4n) is 2.17. The Labute approximate surface area is 102 Å². The molecule has 0 saturated carbocycles. The Kier molecular flexibility index (Phi) is 3.64. The Hall–Kier alpha value is -0.830. The summed E-state index contributed by atoms with van der Waals surface area (Å²) in [4.78, 5) is 11.1. The standard InChI is InChI=1S/C12H18ClN3/c1-9-11(13)14-10(2)15-12(9)16-7-5-3-4-6-8-16/h3-8H2,1-2H3. The third-order valence-corrected chi connectivity index (χ3v) is 3.45. The summed E-state index contributed by atoms with van der Waals surface area (Å²) >= 11 is 6.10. The molecule has 1 aromatic rings. The van der Waals surface area contributed by atoms with Crippen molar-refractivity contribution in [1.82, 2.24) is 9.97 Å². The number of halogens is 1. The normalized spacial score (nSPS) is 17.3. The van der Waals surface area contributed by atoms with Crippen molar-refractivity contribution in [3.8, 4) is 0 Å². The minimum absolute atomic E-state index is 0.590. The van der Waals surface area contributed by atoms with Gasteiger partial charge in [-0.15, -0.1) is 0 Å². The van der Waals surface area contributed by atoms with E-state index in [-0.39, 0.29) is 0 Å². The molecular weight excluding hydrogens is 222 g/mol. The molecule has 0 amide bonds. The molecule has 3 nitrogen and oxygen atoms in total. The van der Waals surface area contributed by atoms with E-state index in [2.05, 4.69) is 14.9 Å². The van der Waals surface area contributed by atoms with Gasteiger partial charge in [-0.25, -0.2) is 9.97 Å². The van der Waals surface area contributed by atoms with Crippen LogP contribution in [0.1, 0.15) is 37.1 Å². The van der Waals surface area contributed by atoms with Gasteiger partial charge < -0.3 is 4.90 Å². The summed E-state index contributed by atoms with van der Waals surface area (Å²) in [6, 6.07) is 0. The van der Waals surface area contributed by atoms with Crippen LogP contribution in [0.3, 0.4) is 0 Å². The molecule has 1 aliphatic heterocycles. The minimum atomic E-state index is 0.590. The highest BCUT2D eigenvalue weighted by molar-refractivity contribution is 6.30. The van der Waals surface area contributed by atoms with Gasteiger partial charge in [0.1, 0.15) is 16.8 Å². The van der Waals surface area contributed by atoms with Gasteiger partial charge in [0.15, 0.2) is 0 Å². The molecule has 0 atom stereocenters. The monoisotopic (exact) mass is 239 g/mol. The number of aryl methyl sites for hydroxylation is 1. The first-order valence-corrected chi connectivity index (χ1v) is 6.32. The van der Waals surface area contributed by atoms with E-state index >= 15 is 0 Å². The van der Waals surface area contributed by atoms with Crippen molar-refractivity contribution in [3.63, 3.8) is 0 Å². The fraction of sp³-hybridized carbons (Fsp3) is 0.667. The van der Waals surface area contributed by atoms with E-state index < -0.39 is 0 Å². The van der Waals surface area contributed by atoms with Crippen molar-refractivity contribution in [2.75, 3.05) is 18.0 Å². The molecular formula is C12H18ClN3. The Morgan fingerprint density at radius 2 is 1.62 bits per heavy atom. The lowest BCUT2D eigenvalue weighted by Crippen LogP contribution is -2.26. The zero-order valence-electron chi connectivity index (χ0n) is 9.96. The average Bonchev–Trinajstić information content (AvgIpc) is 2.51. The van der Waals surface area contributed by atoms with Gasteiger partial charge in [-0.2, -0.15) is 0 Å². The average molecular weight is 240 g/mol. The molecule has 1 aliphatic rings. The number of hydrogen-bond acceptors (Lipinski definition) is 3. The molecule has 1 aromatic heterocycles. The topological polar surface area (TPSA) is 29.0 Å². The predicted molar refractivity (Wildman–Crippen MR) is 67.2 cm³/mol. The first kappa shape index (κ1) is 11.6. The lowest BCUT2D eigenvalue weighted by atomic mass is 10.2. The van der Waals surface area contributed by atoms with Gasteiger partial charge in [0.25, 0.3) is 0 Å². The van der Waals surface area contributed by atoms with E-state index in [0.717, 1.165) is 30.3 Å². The molecule has 0 radical (unpaired) electrons. The summed E-state index contributed by atoms with van der Waals surface area (Å²) in [6.45, 7) is 6.08. The van der Waals surface area contributed by atoms with Crippen molar-refractivity contribution in [2.45, 2.75) is 39.5 Å². The van der Waals surface area contributed by atoms with Crippen molar-refractivity contribution in [3.05, 3.63) is 16.5 Å². The number of aromatic nitrogens is 2. The highest BCUT2D eigenvalue weighted by Crippen LogP contribution is 2.25. The van der Waals surface area contributed by atoms with Gasteiger partial charge in [0.2, 0.25) is 0 Å². The van der Waals surface area contributed by atoms with Crippen LogP contribution < -0.4 is 4.90 Å². The van der Waals surface area contributed by atoms with Crippen LogP contribution in [0.15, 0.2) is 0 Å². The molecule has 0 bridgehead atoms. The second kappa shape index (κ2) is 5.00. The maximum absolute atomic E-state index is 6.10. The maximum Gasteiger partial charge on any atom is 0.137 e. The van der Waals surface area contributed by atoms with Crippen LogP contribution in [-0.4, -0.2) is 23.1 Å². The van der Waals surface area contributed by atoms with Crippen LogP contribution in [0.25, 0.3) is 0 Å². The van der Waals surface area contributed by atoms with Gasteiger partial charge in [0, 0.05) is 18.7 Å². The van der Waals surface area contributed by atoms with E-state index in [9.17, 15) is 0 Å². The third-order valence-electron chi connectivity index (χ3n) is 3.08. The molecule has 0 aliphatic carbocycles. The first-order chi connectivity index (χ1) is 7.68.